The third-order valence-electron chi connectivity index (χ3n) is 6.72. The summed E-state index contributed by atoms with van der Waals surface area (Å²) in [6, 6.07) is -0.357. The number of carbonyl (C=O) groups excluding carboxylic acids is 1. The Morgan fingerprint density at radius 2 is 2.03 bits per heavy atom. The SMILES string of the molecule is C#CCO[C@H]1C[C@H](n2cc(C(F)(F)F)c(=O)[nH]c2=O)O[C@@H]1COC(=O)[C@@H]1CCCN1CCCCCCC. The van der Waals surface area contributed by atoms with Crippen molar-refractivity contribution in [3.63, 3.8) is 0 Å². The number of H-pyrrole nitrogens is 1. The summed E-state index contributed by atoms with van der Waals surface area (Å²) in [5.74, 6) is 1.91. The van der Waals surface area contributed by atoms with Crippen molar-refractivity contribution in [2.45, 2.75) is 88.9 Å². The molecule has 0 aliphatic carbocycles. The summed E-state index contributed by atoms with van der Waals surface area (Å²) in [7, 11) is 0. The van der Waals surface area contributed by atoms with Gasteiger partial charge in [0.2, 0.25) is 0 Å². The monoisotopic (exact) mass is 529 g/mol. The Kier molecular flexibility index (Phi) is 10.4. The second-order valence-corrected chi connectivity index (χ2v) is 9.36. The van der Waals surface area contributed by atoms with E-state index in [1.54, 1.807) is 4.98 Å². The predicted molar refractivity (Wildman–Crippen MR) is 128 cm³/mol. The van der Waals surface area contributed by atoms with E-state index in [0.29, 0.717) is 17.2 Å². The van der Waals surface area contributed by atoms with E-state index in [0.717, 1.165) is 38.8 Å². The van der Waals surface area contributed by atoms with Crippen molar-refractivity contribution in [3.05, 3.63) is 32.6 Å². The van der Waals surface area contributed by atoms with Gasteiger partial charge in [-0.15, -0.1) is 6.42 Å². The van der Waals surface area contributed by atoms with Crippen LogP contribution < -0.4 is 11.2 Å². The minimum atomic E-state index is -4.96. The average Bonchev–Trinajstić information content (AvgIpc) is 3.47. The van der Waals surface area contributed by atoms with Gasteiger partial charge in [-0.05, 0) is 32.4 Å². The first-order valence-electron chi connectivity index (χ1n) is 12.7. The number of alkyl halides is 3. The summed E-state index contributed by atoms with van der Waals surface area (Å²) in [5.41, 5.74) is -4.12. The molecule has 0 spiro atoms. The molecule has 2 aliphatic heterocycles. The Labute approximate surface area is 213 Å². The van der Waals surface area contributed by atoms with Crippen LogP contribution in [0, 0.1) is 12.3 Å². The lowest BCUT2D eigenvalue weighted by Crippen LogP contribution is -2.40. The number of aromatic nitrogens is 2. The fraction of sp³-hybridized carbons (Fsp3) is 0.720. The molecule has 2 saturated heterocycles. The van der Waals surface area contributed by atoms with Crippen LogP contribution in [0.2, 0.25) is 0 Å². The lowest BCUT2D eigenvalue weighted by Gasteiger charge is -2.24. The molecule has 0 amide bonds. The molecule has 0 bridgehead atoms. The molecule has 1 aromatic heterocycles. The highest BCUT2D eigenvalue weighted by Crippen LogP contribution is 2.32. The van der Waals surface area contributed by atoms with Crippen LogP contribution in [0.1, 0.15) is 70.1 Å². The molecule has 2 fully saturated rings. The zero-order valence-corrected chi connectivity index (χ0v) is 20.9. The molecule has 1 N–H and O–H groups in total. The largest absolute Gasteiger partial charge is 0.462 e. The van der Waals surface area contributed by atoms with E-state index < -0.39 is 47.4 Å². The summed E-state index contributed by atoms with van der Waals surface area (Å²) in [5, 5.41) is 0. The Bertz CT molecular complexity index is 1060. The molecule has 3 heterocycles. The van der Waals surface area contributed by atoms with Gasteiger partial charge < -0.3 is 14.2 Å². The van der Waals surface area contributed by atoms with Gasteiger partial charge in [-0.25, -0.2) is 4.79 Å². The number of hydrogen-bond donors (Lipinski definition) is 1. The third-order valence-corrected chi connectivity index (χ3v) is 6.72. The number of terminal acetylenes is 1. The molecular weight excluding hydrogens is 495 g/mol. The topological polar surface area (TPSA) is 103 Å². The summed E-state index contributed by atoms with van der Waals surface area (Å²) >= 11 is 0. The van der Waals surface area contributed by atoms with Gasteiger partial charge in [0.25, 0.3) is 5.56 Å². The number of likely N-dealkylation sites (tertiary alicyclic amines) is 1. The van der Waals surface area contributed by atoms with E-state index in [-0.39, 0.29) is 25.7 Å². The van der Waals surface area contributed by atoms with Crippen LogP contribution in [0.25, 0.3) is 0 Å². The molecule has 12 heteroatoms. The Hall–Kier alpha value is -2.62. The zero-order valence-electron chi connectivity index (χ0n) is 20.9. The van der Waals surface area contributed by atoms with Crippen LogP contribution in [-0.4, -0.2) is 65.0 Å². The van der Waals surface area contributed by atoms with Gasteiger partial charge in [-0.3, -0.25) is 24.0 Å². The second-order valence-electron chi connectivity index (χ2n) is 9.36. The zero-order chi connectivity index (χ0) is 27.0. The molecule has 206 valence electrons. The number of ether oxygens (including phenoxy) is 3. The Balaban J connectivity index is 1.64. The van der Waals surface area contributed by atoms with Crippen molar-refractivity contribution < 1.29 is 32.2 Å². The van der Waals surface area contributed by atoms with E-state index in [9.17, 15) is 27.6 Å². The first-order valence-corrected chi connectivity index (χ1v) is 12.7. The molecule has 0 saturated carbocycles. The highest BCUT2D eigenvalue weighted by Gasteiger charge is 2.41. The lowest BCUT2D eigenvalue weighted by molar-refractivity contribution is -0.156. The van der Waals surface area contributed by atoms with Crippen molar-refractivity contribution in [1.29, 1.82) is 0 Å². The number of hydrogen-bond acceptors (Lipinski definition) is 7. The van der Waals surface area contributed by atoms with Crippen LogP contribution in [0.3, 0.4) is 0 Å². The molecule has 2 aliphatic rings. The first-order chi connectivity index (χ1) is 17.7. The van der Waals surface area contributed by atoms with Gasteiger partial charge in [-0.1, -0.05) is 38.5 Å². The molecule has 4 atom stereocenters. The van der Waals surface area contributed by atoms with E-state index >= 15 is 0 Å². The number of carbonyl (C=O) groups is 1. The van der Waals surface area contributed by atoms with Crippen molar-refractivity contribution in [1.82, 2.24) is 14.5 Å². The van der Waals surface area contributed by atoms with Crippen molar-refractivity contribution in [2.75, 3.05) is 26.3 Å². The molecule has 0 aromatic carbocycles. The fourth-order valence-corrected chi connectivity index (χ4v) is 4.79. The number of nitrogens with zero attached hydrogens (tertiary/aromatic N) is 2. The van der Waals surface area contributed by atoms with Crippen LogP contribution in [0.4, 0.5) is 13.2 Å². The Morgan fingerprint density at radius 3 is 2.73 bits per heavy atom. The molecule has 3 rings (SSSR count). The maximum absolute atomic E-state index is 13.2. The summed E-state index contributed by atoms with van der Waals surface area (Å²) < 4.78 is 57.2. The van der Waals surface area contributed by atoms with Gasteiger partial charge in [-0.2, -0.15) is 13.2 Å². The number of esters is 1. The number of rotatable bonds is 12. The van der Waals surface area contributed by atoms with Gasteiger partial charge in [0.1, 0.15) is 37.2 Å². The quantitative estimate of drug-likeness (QED) is 0.252. The van der Waals surface area contributed by atoms with Crippen LogP contribution in [-0.2, 0) is 25.2 Å². The standard InChI is InChI=1S/C25H34F3N3O6/c1-3-5-6-7-8-11-30-12-9-10-18(30)23(33)36-16-20-19(35-13-4-2)14-21(37-20)31-15-17(25(26,27)28)22(32)29-24(31)34/h2,15,18-21H,3,5-14,16H2,1H3,(H,29,32,34)/t18-,19-,20+,21+/m0/s1. The predicted octanol–water partition coefficient (Wildman–Crippen LogP) is 2.84. The molecule has 9 nitrogen and oxygen atoms in total. The van der Waals surface area contributed by atoms with Crippen molar-refractivity contribution in [2.24, 2.45) is 0 Å². The Morgan fingerprint density at radius 1 is 1.27 bits per heavy atom. The van der Waals surface area contributed by atoms with E-state index in [4.69, 9.17) is 20.6 Å². The van der Waals surface area contributed by atoms with Gasteiger partial charge in [0.05, 0.1) is 6.10 Å². The summed E-state index contributed by atoms with van der Waals surface area (Å²) in [4.78, 5) is 40.5. The summed E-state index contributed by atoms with van der Waals surface area (Å²) in [6.45, 7) is 3.48. The summed E-state index contributed by atoms with van der Waals surface area (Å²) in [6.07, 6.45) is 5.15. The van der Waals surface area contributed by atoms with Gasteiger partial charge >= 0.3 is 17.8 Å². The van der Waals surface area contributed by atoms with Crippen LogP contribution >= 0.6 is 0 Å². The lowest BCUT2D eigenvalue weighted by atomic mass is 10.1. The first kappa shape index (κ1) is 28.9. The maximum atomic E-state index is 13.2. The maximum Gasteiger partial charge on any atom is 0.423 e. The molecular formula is C25H34F3N3O6. The minimum Gasteiger partial charge on any atom is -0.462 e. The highest BCUT2D eigenvalue weighted by molar-refractivity contribution is 5.76. The van der Waals surface area contributed by atoms with Crippen molar-refractivity contribution in [3.8, 4) is 12.3 Å². The third kappa shape index (κ3) is 7.69. The van der Waals surface area contributed by atoms with Gasteiger partial charge in [0.15, 0.2) is 0 Å². The highest BCUT2D eigenvalue weighted by atomic mass is 19.4. The fourth-order valence-electron chi connectivity index (χ4n) is 4.79. The van der Waals surface area contributed by atoms with Crippen molar-refractivity contribution >= 4 is 5.97 Å². The molecule has 0 radical (unpaired) electrons. The number of aromatic amines is 1. The van der Waals surface area contributed by atoms with E-state index in [1.807, 2.05) is 0 Å². The number of unbranched alkanes of at least 4 members (excludes halogenated alkanes) is 4. The normalized spacial score (nSPS) is 24.3. The second kappa shape index (κ2) is 13.3. The molecule has 37 heavy (non-hydrogen) atoms. The number of nitrogens with one attached hydrogen (secondary N) is 1. The average molecular weight is 530 g/mol. The molecule has 1 aromatic rings. The van der Waals surface area contributed by atoms with Crippen LogP contribution in [0.5, 0.6) is 0 Å². The van der Waals surface area contributed by atoms with E-state index in [2.05, 4.69) is 17.7 Å². The minimum absolute atomic E-state index is 0.0273. The smallest absolute Gasteiger partial charge is 0.423 e. The van der Waals surface area contributed by atoms with E-state index in [1.165, 1.54) is 12.8 Å². The van der Waals surface area contributed by atoms with Crippen LogP contribution in [0.15, 0.2) is 15.8 Å². The number of halogens is 3. The van der Waals surface area contributed by atoms with Gasteiger partial charge in [0, 0.05) is 12.6 Å². The molecule has 0 unspecified atom stereocenters.